The number of piperidine rings is 1. The highest BCUT2D eigenvalue weighted by molar-refractivity contribution is 5.87. The zero-order chi connectivity index (χ0) is 24.9. The maximum absolute atomic E-state index is 13.4. The first kappa shape index (κ1) is 25.6. The van der Waals surface area contributed by atoms with E-state index in [0.717, 1.165) is 18.2 Å². The van der Waals surface area contributed by atoms with Crippen LogP contribution in [0.2, 0.25) is 0 Å². The molecule has 2 amide bonds. The minimum absolute atomic E-state index is 0.101. The third-order valence-electron chi connectivity index (χ3n) is 5.82. The van der Waals surface area contributed by atoms with Gasteiger partial charge in [-0.2, -0.15) is 5.10 Å². The summed E-state index contributed by atoms with van der Waals surface area (Å²) in [4.78, 5) is 31.9. The van der Waals surface area contributed by atoms with E-state index in [2.05, 4.69) is 27.6 Å². The summed E-state index contributed by atoms with van der Waals surface area (Å²) in [5, 5.41) is 10.4. The molecule has 1 aliphatic rings. The normalized spacial score (nSPS) is 16.7. The second kappa shape index (κ2) is 10.5. The Hall–Kier alpha value is -3.01. The summed E-state index contributed by atoms with van der Waals surface area (Å²) in [5.41, 5.74) is -0.502. The molecule has 2 aromatic rings. The van der Waals surface area contributed by atoms with Crippen molar-refractivity contribution in [2.45, 2.75) is 71.1 Å². The number of amides is 2. The molecule has 0 unspecified atom stereocenters. The number of pyridine rings is 1. The first-order valence-electron chi connectivity index (χ1n) is 11.7. The summed E-state index contributed by atoms with van der Waals surface area (Å²) in [6, 6.07) is 3.28. The summed E-state index contributed by atoms with van der Waals surface area (Å²) in [6.45, 7) is 11.0. The van der Waals surface area contributed by atoms with E-state index in [1.807, 2.05) is 33.8 Å². The highest BCUT2D eigenvalue weighted by Crippen LogP contribution is 2.26. The van der Waals surface area contributed by atoms with Gasteiger partial charge >= 0.3 is 6.09 Å². The van der Waals surface area contributed by atoms with Crippen molar-refractivity contribution in [1.82, 2.24) is 30.3 Å². The highest BCUT2D eigenvalue weighted by atomic mass is 19.1. The molecule has 9 nitrogen and oxygen atoms in total. The number of hydrogen-bond acceptors (Lipinski definition) is 6. The standard InChI is InChI=1S/C24H35FN6O3/c1-6-11-27-24(9-12-30(13-10-24)22(33)34-23(3,4)5)21(32)29-17(2)18-7-8-20(26-14-18)31-16-19(25)15-28-31/h7-8,14-17,27H,6,9-13H2,1-5H3,(H,29,32)/t17-/m0/s1. The average Bonchev–Trinajstić information content (AvgIpc) is 3.23. The van der Waals surface area contributed by atoms with Gasteiger partial charge in [-0.25, -0.2) is 18.9 Å². The number of nitrogens with zero attached hydrogens (tertiary/aromatic N) is 4. The molecule has 10 heteroatoms. The average molecular weight is 475 g/mol. The fourth-order valence-electron chi connectivity index (χ4n) is 3.88. The van der Waals surface area contributed by atoms with Crippen LogP contribution in [0, 0.1) is 5.82 Å². The summed E-state index contributed by atoms with van der Waals surface area (Å²) in [7, 11) is 0. The lowest BCUT2D eigenvalue weighted by atomic mass is 9.86. The van der Waals surface area contributed by atoms with Gasteiger partial charge in [0.1, 0.15) is 11.1 Å². The Bertz CT molecular complexity index is 977. The van der Waals surface area contributed by atoms with Gasteiger partial charge in [-0.05, 0) is 65.1 Å². The van der Waals surface area contributed by atoms with Gasteiger partial charge in [0.05, 0.1) is 18.4 Å². The van der Waals surface area contributed by atoms with Gasteiger partial charge in [0.2, 0.25) is 5.91 Å². The lowest BCUT2D eigenvalue weighted by molar-refractivity contribution is -0.130. The van der Waals surface area contributed by atoms with Crippen LogP contribution in [0.25, 0.3) is 5.82 Å². The second-order valence-electron chi connectivity index (χ2n) is 9.72. The number of hydrogen-bond donors (Lipinski definition) is 2. The van der Waals surface area contributed by atoms with Crippen LogP contribution in [-0.2, 0) is 9.53 Å². The molecule has 1 aliphatic heterocycles. The number of carbonyl (C=O) groups excluding carboxylic acids is 2. The SMILES string of the molecule is CCCNC1(C(=O)N[C@@H](C)c2ccc(-n3cc(F)cn3)nc2)CCN(C(=O)OC(C)(C)C)CC1. The quantitative estimate of drug-likeness (QED) is 0.638. The molecule has 0 bridgehead atoms. The van der Waals surface area contributed by atoms with Crippen LogP contribution < -0.4 is 10.6 Å². The van der Waals surface area contributed by atoms with Gasteiger partial charge in [0.15, 0.2) is 11.6 Å². The largest absolute Gasteiger partial charge is 0.444 e. The van der Waals surface area contributed by atoms with Crippen molar-refractivity contribution in [3.8, 4) is 5.82 Å². The van der Waals surface area contributed by atoms with Gasteiger partial charge < -0.3 is 20.3 Å². The first-order chi connectivity index (χ1) is 16.0. The highest BCUT2D eigenvalue weighted by Gasteiger charge is 2.42. The molecule has 186 valence electrons. The monoisotopic (exact) mass is 474 g/mol. The molecule has 3 rings (SSSR count). The van der Waals surface area contributed by atoms with E-state index in [-0.39, 0.29) is 18.0 Å². The maximum atomic E-state index is 13.4. The van der Waals surface area contributed by atoms with Crippen molar-refractivity contribution in [2.75, 3.05) is 19.6 Å². The van der Waals surface area contributed by atoms with Crippen molar-refractivity contribution >= 4 is 12.0 Å². The zero-order valence-electron chi connectivity index (χ0n) is 20.6. The summed E-state index contributed by atoms with van der Waals surface area (Å²) in [5.74, 6) is -0.0496. The molecular weight excluding hydrogens is 439 g/mol. The Balaban J connectivity index is 1.65. The Labute approximate surface area is 200 Å². The Morgan fingerprint density at radius 3 is 2.47 bits per heavy atom. The van der Waals surface area contributed by atoms with Gasteiger partial charge in [-0.1, -0.05) is 13.0 Å². The molecular formula is C24H35FN6O3. The smallest absolute Gasteiger partial charge is 0.410 e. The summed E-state index contributed by atoms with van der Waals surface area (Å²) < 4.78 is 20.0. The van der Waals surface area contributed by atoms with Crippen molar-refractivity contribution < 1.29 is 18.7 Å². The van der Waals surface area contributed by atoms with Crippen LogP contribution in [0.5, 0.6) is 0 Å². The van der Waals surface area contributed by atoms with Crippen molar-refractivity contribution in [3.05, 3.63) is 42.1 Å². The van der Waals surface area contributed by atoms with Crippen molar-refractivity contribution in [1.29, 1.82) is 0 Å². The number of nitrogens with one attached hydrogen (secondary N) is 2. The van der Waals surface area contributed by atoms with Gasteiger partial charge in [-0.15, -0.1) is 0 Å². The minimum atomic E-state index is -0.761. The number of carbonyl (C=O) groups is 2. The predicted octanol–water partition coefficient (Wildman–Crippen LogP) is 3.35. The van der Waals surface area contributed by atoms with Crippen molar-refractivity contribution in [2.24, 2.45) is 0 Å². The second-order valence-corrected chi connectivity index (χ2v) is 9.72. The predicted molar refractivity (Wildman–Crippen MR) is 126 cm³/mol. The Kier molecular flexibility index (Phi) is 7.91. The van der Waals surface area contributed by atoms with Crippen LogP contribution >= 0.6 is 0 Å². The third-order valence-corrected chi connectivity index (χ3v) is 5.82. The van der Waals surface area contributed by atoms with Crippen LogP contribution in [0.3, 0.4) is 0 Å². The number of aromatic nitrogens is 3. The van der Waals surface area contributed by atoms with E-state index < -0.39 is 17.0 Å². The first-order valence-corrected chi connectivity index (χ1v) is 11.7. The summed E-state index contributed by atoms with van der Waals surface area (Å²) in [6.07, 6.45) is 5.54. The van der Waals surface area contributed by atoms with E-state index in [4.69, 9.17) is 4.74 Å². The van der Waals surface area contributed by atoms with Gasteiger partial charge in [0.25, 0.3) is 0 Å². The van der Waals surface area contributed by atoms with Crippen LogP contribution in [0.15, 0.2) is 30.7 Å². The fourth-order valence-corrected chi connectivity index (χ4v) is 3.88. The third kappa shape index (κ3) is 6.31. The molecule has 2 aromatic heterocycles. The molecule has 3 heterocycles. The summed E-state index contributed by atoms with van der Waals surface area (Å²) >= 11 is 0. The Morgan fingerprint density at radius 2 is 1.94 bits per heavy atom. The number of likely N-dealkylation sites (tertiary alicyclic amines) is 1. The fraction of sp³-hybridized carbons (Fsp3) is 0.583. The lowest BCUT2D eigenvalue weighted by Crippen LogP contribution is -2.62. The molecule has 34 heavy (non-hydrogen) atoms. The molecule has 0 spiro atoms. The maximum Gasteiger partial charge on any atom is 0.410 e. The lowest BCUT2D eigenvalue weighted by Gasteiger charge is -2.42. The minimum Gasteiger partial charge on any atom is -0.444 e. The van der Waals surface area contributed by atoms with Crippen LogP contribution in [0.4, 0.5) is 9.18 Å². The molecule has 0 aliphatic carbocycles. The van der Waals surface area contributed by atoms with Gasteiger partial charge in [0, 0.05) is 19.3 Å². The van der Waals surface area contributed by atoms with E-state index in [1.165, 1.54) is 10.9 Å². The van der Waals surface area contributed by atoms with E-state index in [1.54, 1.807) is 17.2 Å². The topological polar surface area (TPSA) is 101 Å². The van der Waals surface area contributed by atoms with Crippen LogP contribution in [-0.4, -0.2) is 62.4 Å². The molecule has 0 saturated carbocycles. The molecule has 1 saturated heterocycles. The van der Waals surface area contributed by atoms with E-state index >= 15 is 0 Å². The van der Waals surface area contributed by atoms with E-state index in [0.29, 0.717) is 38.3 Å². The molecule has 1 fully saturated rings. The molecule has 0 aromatic carbocycles. The number of rotatable bonds is 7. The van der Waals surface area contributed by atoms with E-state index in [9.17, 15) is 14.0 Å². The van der Waals surface area contributed by atoms with Crippen LogP contribution in [0.1, 0.15) is 65.5 Å². The number of halogens is 1. The number of ether oxygens (including phenoxy) is 1. The molecule has 2 N–H and O–H groups in total. The zero-order valence-corrected chi connectivity index (χ0v) is 20.6. The van der Waals surface area contributed by atoms with Gasteiger partial charge in [-0.3, -0.25) is 4.79 Å². The van der Waals surface area contributed by atoms with Crippen molar-refractivity contribution in [3.63, 3.8) is 0 Å². The Morgan fingerprint density at radius 1 is 1.24 bits per heavy atom. The molecule has 0 radical (unpaired) electrons. The molecule has 1 atom stereocenters.